The summed E-state index contributed by atoms with van der Waals surface area (Å²) in [6.45, 7) is 3.84. The summed E-state index contributed by atoms with van der Waals surface area (Å²) in [5.41, 5.74) is 3.89. The Kier molecular flexibility index (Phi) is 21.1. The first kappa shape index (κ1) is 35.9. The van der Waals surface area contributed by atoms with Crippen LogP contribution in [0, 0.1) is 36.8 Å². The summed E-state index contributed by atoms with van der Waals surface area (Å²) in [6, 6.07) is 7.69. The van der Waals surface area contributed by atoms with Gasteiger partial charge in [-0.05, 0) is 43.4 Å². The summed E-state index contributed by atoms with van der Waals surface area (Å²) in [4.78, 5) is 8.25. The molecule has 0 fully saturated rings. The molecule has 2 heterocycles. The molecule has 2 atom stereocenters. The Morgan fingerprint density at radius 2 is 1.45 bits per heavy atom. The minimum absolute atomic E-state index is 0. The third kappa shape index (κ3) is 15.9. The standard InChI is InChI=1S/C9H11N3OS.C9H11N3S.3CH4.B/c1-8-3-4-9(5-11-8)6-14(2,13)12-7-10;1-8-3-4-9(5-11-8)6-13(2)12-7-10;;;;/h3-5H,6H2,1-2H3;3-5H,6H2,1-2H3;3*1H4;. The molecule has 31 heavy (non-hydrogen) atoms. The molecule has 0 saturated carbocycles. The lowest BCUT2D eigenvalue weighted by Crippen LogP contribution is -2.01. The molecular weight excluding hydrogens is 427 g/mol. The van der Waals surface area contributed by atoms with Crippen LogP contribution in [0.2, 0.25) is 0 Å². The summed E-state index contributed by atoms with van der Waals surface area (Å²) >= 11 is 0. The monoisotopic (exact) mass is 461 g/mol. The average Bonchev–Trinajstić information content (AvgIpc) is 2.59. The number of aromatic nitrogens is 2. The Labute approximate surface area is 193 Å². The van der Waals surface area contributed by atoms with Crippen LogP contribution in [0.3, 0.4) is 0 Å². The largest absolute Gasteiger partial charge is 0.261 e. The number of aryl methyl sites for hydroxylation is 2. The van der Waals surface area contributed by atoms with Crippen molar-refractivity contribution in [1.29, 1.82) is 10.5 Å². The molecule has 0 aliphatic rings. The molecule has 0 aromatic carbocycles. The van der Waals surface area contributed by atoms with Crippen molar-refractivity contribution in [3.05, 3.63) is 59.2 Å². The highest BCUT2D eigenvalue weighted by Crippen LogP contribution is 2.06. The summed E-state index contributed by atoms with van der Waals surface area (Å²) in [6.07, 6.45) is 10.3. The first-order valence-corrected chi connectivity index (χ1v) is 11.7. The van der Waals surface area contributed by atoms with Crippen LogP contribution in [0.25, 0.3) is 0 Å². The van der Waals surface area contributed by atoms with E-state index in [2.05, 4.69) is 18.7 Å². The van der Waals surface area contributed by atoms with Gasteiger partial charge in [-0.2, -0.15) is 14.9 Å². The van der Waals surface area contributed by atoms with Crippen molar-refractivity contribution in [1.82, 2.24) is 9.97 Å². The molecule has 0 bridgehead atoms. The molecule has 0 N–H and O–H groups in total. The Bertz CT molecular complexity index is 985. The van der Waals surface area contributed by atoms with E-state index in [9.17, 15) is 4.21 Å². The maximum Gasteiger partial charge on any atom is 0.214 e. The van der Waals surface area contributed by atoms with Crippen molar-refractivity contribution in [2.75, 3.05) is 12.5 Å². The fourth-order valence-corrected chi connectivity index (χ4v) is 3.82. The quantitative estimate of drug-likeness (QED) is 0.479. The Hall–Kier alpha value is -2.56. The fourth-order valence-electron chi connectivity index (χ4n) is 1.94. The third-order valence-electron chi connectivity index (χ3n) is 3.19. The van der Waals surface area contributed by atoms with Crippen molar-refractivity contribution in [3.63, 3.8) is 0 Å². The highest BCUT2D eigenvalue weighted by Gasteiger charge is 2.03. The van der Waals surface area contributed by atoms with Gasteiger partial charge in [0.2, 0.25) is 12.4 Å². The van der Waals surface area contributed by atoms with E-state index in [1.54, 1.807) is 12.4 Å². The van der Waals surface area contributed by atoms with Crippen LogP contribution in [0.5, 0.6) is 0 Å². The molecule has 3 radical (unpaired) electrons. The Morgan fingerprint density at radius 1 is 0.968 bits per heavy atom. The lowest BCUT2D eigenvalue weighted by Gasteiger charge is -2.01. The number of rotatable bonds is 4. The topological polar surface area (TPSA) is 115 Å². The van der Waals surface area contributed by atoms with Gasteiger partial charge < -0.3 is 0 Å². The maximum absolute atomic E-state index is 11.6. The molecule has 169 valence electrons. The molecule has 0 saturated heterocycles. The summed E-state index contributed by atoms with van der Waals surface area (Å²) in [5.74, 6) is 1.08. The van der Waals surface area contributed by atoms with Crippen LogP contribution in [0.4, 0.5) is 0 Å². The van der Waals surface area contributed by atoms with Crippen LogP contribution in [-0.4, -0.2) is 35.1 Å². The van der Waals surface area contributed by atoms with Gasteiger partial charge in [0.05, 0.1) is 15.5 Å². The van der Waals surface area contributed by atoms with Gasteiger partial charge in [0, 0.05) is 44.2 Å². The van der Waals surface area contributed by atoms with Crippen molar-refractivity contribution in [2.45, 2.75) is 47.6 Å². The number of hydrogen-bond acceptors (Lipinski definition) is 7. The second-order valence-corrected chi connectivity index (χ2v) is 9.91. The van der Waals surface area contributed by atoms with Gasteiger partial charge in [-0.25, -0.2) is 4.21 Å². The van der Waals surface area contributed by atoms with Crippen LogP contribution < -0.4 is 0 Å². The highest BCUT2D eigenvalue weighted by molar-refractivity contribution is 7.92. The lowest BCUT2D eigenvalue weighted by molar-refractivity contribution is 0.680. The fraction of sp³-hybridized carbons (Fsp3) is 0.429. The molecule has 0 aliphatic heterocycles. The van der Waals surface area contributed by atoms with E-state index in [0.717, 1.165) is 28.3 Å². The van der Waals surface area contributed by atoms with E-state index in [1.807, 2.05) is 56.8 Å². The van der Waals surface area contributed by atoms with E-state index >= 15 is 0 Å². The maximum atomic E-state index is 11.6. The summed E-state index contributed by atoms with van der Waals surface area (Å²) in [7, 11) is -2.63. The van der Waals surface area contributed by atoms with Crippen molar-refractivity contribution in [2.24, 2.45) is 8.73 Å². The first-order chi connectivity index (χ1) is 12.8. The van der Waals surface area contributed by atoms with E-state index in [4.69, 9.17) is 10.5 Å². The lowest BCUT2D eigenvalue weighted by atomic mass is 10.3. The van der Waals surface area contributed by atoms with Crippen molar-refractivity contribution < 1.29 is 4.21 Å². The third-order valence-corrected chi connectivity index (χ3v) is 5.67. The van der Waals surface area contributed by atoms with Gasteiger partial charge in [0.15, 0.2) is 0 Å². The Morgan fingerprint density at radius 3 is 1.84 bits per heavy atom. The Balaban J connectivity index is -0.000000209. The van der Waals surface area contributed by atoms with Crippen LogP contribution in [-0.2, 0) is 31.9 Å². The molecule has 0 spiro atoms. The van der Waals surface area contributed by atoms with Gasteiger partial charge >= 0.3 is 0 Å². The smallest absolute Gasteiger partial charge is 0.214 e. The van der Waals surface area contributed by atoms with E-state index < -0.39 is 9.73 Å². The zero-order valence-corrected chi connectivity index (χ0v) is 18.0. The molecule has 10 heteroatoms. The predicted octanol–water partition coefficient (Wildman–Crippen LogP) is 4.80. The number of hydrogen-bond donors (Lipinski definition) is 0. The number of pyridine rings is 2. The van der Waals surface area contributed by atoms with E-state index in [1.165, 1.54) is 6.26 Å². The van der Waals surface area contributed by atoms with Crippen molar-refractivity contribution in [3.8, 4) is 12.4 Å². The second-order valence-electron chi connectivity index (χ2n) is 5.85. The number of nitriles is 2. The zero-order chi connectivity index (χ0) is 20.3. The molecule has 2 aromatic rings. The summed E-state index contributed by atoms with van der Waals surface area (Å²) < 4.78 is 18.8. The first-order valence-electron chi connectivity index (χ1n) is 7.89. The van der Waals surface area contributed by atoms with Gasteiger partial charge in [0.25, 0.3) is 0 Å². The normalized spacial score (nSPS) is 11.5. The molecule has 7 nitrogen and oxygen atoms in total. The van der Waals surface area contributed by atoms with Gasteiger partial charge in [-0.1, -0.05) is 45.1 Å². The molecule has 0 aliphatic carbocycles. The number of nitrogens with zero attached hydrogens (tertiary/aromatic N) is 6. The van der Waals surface area contributed by atoms with Crippen LogP contribution >= 0.6 is 0 Å². The molecule has 2 rings (SSSR count). The van der Waals surface area contributed by atoms with Crippen molar-refractivity contribution >= 4 is 28.8 Å². The molecule has 2 aromatic heterocycles. The minimum Gasteiger partial charge on any atom is -0.261 e. The summed E-state index contributed by atoms with van der Waals surface area (Å²) in [5, 5.41) is 16.6. The zero-order valence-electron chi connectivity index (χ0n) is 16.4. The van der Waals surface area contributed by atoms with Gasteiger partial charge in [-0.3, -0.25) is 9.97 Å². The SMILES string of the molecule is C.C.C.Cc1ccc(CS(C)(=O)=NC#N)cn1.Cc1ccc(CS(C)=NC#N)cn1.[B]. The van der Waals surface area contributed by atoms with Gasteiger partial charge in [0.1, 0.15) is 0 Å². The van der Waals surface area contributed by atoms with Gasteiger partial charge in [-0.15, -0.1) is 4.36 Å². The molecular formula is C21H34BN6OS2. The van der Waals surface area contributed by atoms with E-state index in [-0.39, 0.29) is 47.1 Å². The highest BCUT2D eigenvalue weighted by atomic mass is 32.2. The van der Waals surface area contributed by atoms with E-state index in [0.29, 0.717) is 0 Å². The second kappa shape index (κ2) is 18.2. The van der Waals surface area contributed by atoms with Crippen LogP contribution in [0.15, 0.2) is 45.4 Å². The minimum atomic E-state index is -2.42. The molecule has 0 amide bonds. The van der Waals surface area contributed by atoms with Crippen LogP contribution in [0.1, 0.15) is 44.8 Å². The average molecular weight is 461 g/mol. The molecule has 2 unspecified atom stereocenters. The predicted molar refractivity (Wildman–Crippen MR) is 135 cm³/mol.